The monoisotopic (exact) mass is 440 g/mol. The van der Waals surface area contributed by atoms with Crippen LogP contribution in [0.5, 0.6) is 0 Å². The molecular weight excluding hydrogens is 427 g/mol. The van der Waals surface area contributed by atoms with E-state index in [4.69, 9.17) is 4.74 Å². The van der Waals surface area contributed by atoms with Crippen molar-refractivity contribution in [2.45, 2.75) is 6.92 Å². The second kappa shape index (κ2) is 7.39. The number of aryl methyl sites for hydroxylation is 1. The van der Waals surface area contributed by atoms with E-state index >= 15 is 0 Å². The second-order valence-electron chi connectivity index (χ2n) is 4.86. The van der Waals surface area contributed by atoms with E-state index < -0.39 is 16.8 Å². The van der Waals surface area contributed by atoms with Crippen LogP contribution in [0.3, 0.4) is 0 Å². The number of carbonyl (C=O) groups excluding carboxylic acids is 2. The van der Waals surface area contributed by atoms with Crippen molar-refractivity contribution in [2.75, 3.05) is 12.4 Å². The molecule has 0 saturated heterocycles. The van der Waals surface area contributed by atoms with Gasteiger partial charge in [-0.1, -0.05) is 12.1 Å². The number of hydrogen-bond acceptors (Lipinski definition) is 5. The Labute approximate surface area is 151 Å². The summed E-state index contributed by atoms with van der Waals surface area (Å²) in [6.45, 7) is 1.74. The van der Waals surface area contributed by atoms with Crippen LogP contribution in [0.2, 0.25) is 0 Å². The first-order chi connectivity index (χ1) is 11.3. The third kappa shape index (κ3) is 3.70. The Hall–Kier alpha value is -2.49. The van der Waals surface area contributed by atoms with Gasteiger partial charge in [-0.2, -0.15) is 0 Å². The number of ether oxygens (including phenoxy) is 1. The minimum absolute atomic E-state index is 0.156. The molecule has 0 bridgehead atoms. The molecule has 0 saturated carbocycles. The Morgan fingerprint density at radius 1 is 1.21 bits per heavy atom. The number of nitrogens with one attached hydrogen (secondary N) is 1. The molecule has 0 heterocycles. The Morgan fingerprint density at radius 2 is 1.92 bits per heavy atom. The molecule has 124 valence electrons. The van der Waals surface area contributed by atoms with Gasteiger partial charge in [0.05, 0.1) is 28.8 Å². The number of carbonyl (C=O) groups is 2. The summed E-state index contributed by atoms with van der Waals surface area (Å²) in [5.74, 6) is -1.12. The van der Waals surface area contributed by atoms with E-state index in [1.807, 2.05) is 22.6 Å². The molecule has 2 aromatic rings. The molecular formula is C16H13IN2O5. The molecule has 7 nitrogen and oxygen atoms in total. The van der Waals surface area contributed by atoms with Crippen molar-refractivity contribution < 1.29 is 19.2 Å². The fourth-order valence-electron chi connectivity index (χ4n) is 2.10. The van der Waals surface area contributed by atoms with Gasteiger partial charge in [-0.3, -0.25) is 14.9 Å². The number of methoxy groups -OCH3 is 1. The fourth-order valence-corrected chi connectivity index (χ4v) is 2.68. The van der Waals surface area contributed by atoms with E-state index in [1.54, 1.807) is 19.1 Å². The summed E-state index contributed by atoms with van der Waals surface area (Å²) in [4.78, 5) is 34.7. The highest BCUT2D eigenvalue weighted by molar-refractivity contribution is 14.1. The highest BCUT2D eigenvalue weighted by atomic mass is 127. The fraction of sp³-hybridized carbons (Fsp3) is 0.125. The van der Waals surface area contributed by atoms with Crippen molar-refractivity contribution in [2.24, 2.45) is 0 Å². The van der Waals surface area contributed by atoms with Crippen molar-refractivity contribution in [3.8, 4) is 0 Å². The summed E-state index contributed by atoms with van der Waals surface area (Å²) in [5, 5.41) is 13.5. The van der Waals surface area contributed by atoms with Gasteiger partial charge in [-0.25, -0.2) is 4.79 Å². The first kappa shape index (κ1) is 17.9. The van der Waals surface area contributed by atoms with Crippen molar-refractivity contribution in [1.82, 2.24) is 0 Å². The lowest BCUT2D eigenvalue weighted by atomic mass is 10.1. The molecule has 0 aromatic heterocycles. The third-order valence-electron chi connectivity index (χ3n) is 3.32. The summed E-state index contributed by atoms with van der Waals surface area (Å²) in [6, 6.07) is 8.97. The summed E-state index contributed by atoms with van der Waals surface area (Å²) >= 11 is 1.92. The topological polar surface area (TPSA) is 98.5 Å². The van der Waals surface area contributed by atoms with E-state index in [-0.39, 0.29) is 16.8 Å². The number of benzene rings is 2. The Balaban J connectivity index is 2.43. The van der Waals surface area contributed by atoms with Gasteiger partial charge in [0.1, 0.15) is 0 Å². The second-order valence-corrected chi connectivity index (χ2v) is 6.03. The summed E-state index contributed by atoms with van der Waals surface area (Å²) in [6.07, 6.45) is 0. The first-order valence-corrected chi connectivity index (χ1v) is 7.86. The Bertz CT molecular complexity index is 835. The highest BCUT2D eigenvalue weighted by Gasteiger charge is 2.20. The van der Waals surface area contributed by atoms with Crippen LogP contribution < -0.4 is 5.32 Å². The standard InChI is InChI=1S/C16H13IN2O5/c1-9-4-3-5-11(16(21)24-2)14(9)18-15(20)12-8-10(19(22)23)6-7-13(12)17/h3-8H,1-2H3,(H,18,20). The molecule has 2 aromatic carbocycles. The first-order valence-electron chi connectivity index (χ1n) is 6.78. The lowest BCUT2D eigenvalue weighted by Crippen LogP contribution is -2.17. The molecule has 0 aliphatic heterocycles. The molecule has 1 amide bonds. The predicted molar refractivity (Wildman–Crippen MR) is 96.3 cm³/mol. The molecule has 1 N–H and O–H groups in total. The van der Waals surface area contributed by atoms with Crippen LogP contribution in [0.1, 0.15) is 26.3 Å². The van der Waals surface area contributed by atoms with Crippen LogP contribution in [0.25, 0.3) is 0 Å². The van der Waals surface area contributed by atoms with Gasteiger partial charge < -0.3 is 10.1 Å². The molecule has 8 heteroatoms. The van der Waals surface area contributed by atoms with Crippen LogP contribution in [-0.4, -0.2) is 23.9 Å². The Morgan fingerprint density at radius 3 is 2.54 bits per heavy atom. The van der Waals surface area contributed by atoms with Gasteiger partial charge in [0.15, 0.2) is 0 Å². The normalized spacial score (nSPS) is 10.1. The van der Waals surface area contributed by atoms with E-state index in [1.165, 1.54) is 31.4 Å². The van der Waals surface area contributed by atoms with Crippen molar-refractivity contribution in [1.29, 1.82) is 0 Å². The maximum absolute atomic E-state index is 12.5. The number of amides is 1. The Kier molecular flexibility index (Phi) is 5.50. The number of esters is 1. The van der Waals surface area contributed by atoms with Gasteiger partial charge in [0.2, 0.25) is 0 Å². The number of nitrogens with zero attached hydrogens (tertiary/aromatic N) is 1. The van der Waals surface area contributed by atoms with Crippen LogP contribution in [0, 0.1) is 20.6 Å². The minimum atomic E-state index is -0.581. The third-order valence-corrected chi connectivity index (χ3v) is 4.26. The molecule has 0 fully saturated rings. The maximum Gasteiger partial charge on any atom is 0.339 e. The molecule has 0 aliphatic rings. The van der Waals surface area contributed by atoms with Crippen molar-refractivity contribution in [3.05, 3.63) is 66.8 Å². The SMILES string of the molecule is COC(=O)c1cccc(C)c1NC(=O)c1cc([N+](=O)[O-])ccc1I. The molecule has 0 unspecified atom stereocenters. The lowest BCUT2D eigenvalue weighted by molar-refractivity contribution is -0.384. The molecule has 0 spiro atoms. The lowest BCUT2D eigenvalue weighted by Gasteiger charge is -2.13. The average molecular weight is 440 g/mol. The molecule has 0 radical (unpaired) electrons. The van der Waals surface area contributed by atoms with E-state index in [0.717, 1.165) is 0 Å². The molecule has 0 aliphatic carbocycles. The quantitative estimate of drug-likeness (QED) is 0.340. The van der Waals surface area contributed by atoms with E-state index in [2.05, 4.69) is 5.32 Å². The number of halogens is 1. The summed E-state index contributed by atoms with van der Waals surface area (Å²) in [5.41, 5.74) is 1.18. The zero-order valence-corrected chi connectivity index (χ0v) is 15.0. The molecule has 24 heavy (non-hydrogen) atoms. The van der Waals surface area contributed by atoms with Gasteiger partial charge in [-0.05, 0) is 47.2 Å². The van der Waals surface area contributed by atoms with Crippen LogP contribution in [-0.2, 0) is 4.74 Å². The van der Waals surface area contributed by atoms with Crippen LogP contribution in [0.4, 0.5) is 11.4 Å². The van der Waals surface area contributed by atoms with Crippen molar-refractivity contribution >= 4 is 45.8 Å². The van der Waals surface area contributed by atoms with Gasteiger partial charge in [0, 0.05) is 15.7 Å². The summed E-state index contributed by atoms with van der Waals surface area (Å²) < 4.78 is 5.27. The van der Waals surface area contributed by atoms with Gasteiger partial charge >= 0.3 is 5.97 Å². The zero-order chi connectivity index (χ0) is 17.9. The number of nitro benzene ring substituents is 1. The maximum atomic E-state index is 12.5. The summed E-state index contributed by atoms with van der Waals surface area (Å²) in [7, 11) is 1.25. The van der Waals surface area contributed by atoms with Gasteiger partial charge in [-0.15, -0.1) is 0 Å². The van der Waals surface area contributed by atoms with E-state index in [0.29, 0.717) is 14.8 Å². The zero-order valence-electron chi connectivity index (χ0n) is 12.8. The number of para-hydroxylation sites is 1. The highest BCUT2D eigenvalue weighted by Crippen LogP contribution is 2.25. The predicted octanol–water partition coefficient (Wildman–Crippen LogP) is 3.55. The molecule has 0 atom stereocenters. The molecule has 2 rings (SSSR count). The van der Waals surface area contributed by atoms with Crippen LogP contribution >= 0.6 is 22.6 Å². The number of rotatable bonds is 4. The van der Waals surface area contributed by atoms with E-state index in [9.17, 15) is 19.7 Å². The smallest absolute Gasteiger partial charge is 0.339 e. The van der Waals surface area contributed by atoms with Gasteiger partial charge in [0.25, 0.3) is 11.6 Å². The number of nitro groups is 1. The van der Waals surface area contributed by atoms with Crippen LogP contribution in [0.15, 0.2) is 36.4 Å². The average Bonchev–Trinajstić information content (AvgIpc) is 2.56. The van der Waals surface area contributed by atoms with Crippen molar-refractivity contribution in [3.63, 3.8) is 0 Å². The largest absolute Gasteiger partial charge is 0.465 e. The number of hydrogen-bond donors (Lipinski definition) is 1. The number of non-ortho nitro benzene ring substituents is 1. The number of anilines is 1. The minimum Gasteiger partial charge on any atom is -0.465 e.